The average molecular weight is 349 g/mol. The van der Waals surface area contributed by atoms with Crippen molar-refractivity contribution in [2.24, 2.45) is 0 Å². The molecule has 1 aliphatic carbocycles. The number of amides is 1. The zero-order valence-electron chi connectivity index (χ0n) is 15.3. The highest BCUT2D eigenvalue weighted by molar-refractivity contribution is 5.94. The van der Waals surface area contributed by atoms with Gasteiger partial charge in [0.2, 0.25) is 0 Å². The highest BCUT2D eigenvalue weighted by atomic mass is 16.1. The van der Waals surface area contributed by atoms with Gasteiger partial charge in [-0.3, -0.25) is 4.79 Å². The molecule has 1 saturated heterocycles. The van der Waals surface area contributed by atoms with Crippen molar-refractivity contribution in [1.29, 1.82) is 0 Å². The summed E-state index contributed by atoms with van der Waals surface area (Å²) < 4.78 is 0. The molecule has 0 radical (unpaired) electrons. The molecule has 136 valence electrons. The van der Waals surface area contributed by atoms with Crippen molar-refractivity contribution >= 4 is 11.7 Å². The van der Waals surface area contributed by atoms with Gasteiger partial charge in [0.05, 0.1) is 0 Å². The van der Waals surface area contributed by atoms with Crippen LogP contribution >= 0.6 is 0 Å². The van der Waals surface area contributed by atoms with Crippen molar-refractivity contribution in [2.45, 2.75) is 51.0 Å². The number of pyridine rings is 1. The van der Waals surface area contributed by atoms with E-state index in [9.17, 15) is 4.79 Å². The first-order chi connectivity index (χ1) is 12.8. The highest BCUT2D eigenvalue weighted by Gasteiger charge is 2.18. The third-order valence-corrected chi connectivity index (χ3v) is 5.60. The summed E-state index contributed by atoms with van der Waals surface area (Å²) in [5.41, 5.74) is 2.92. The quantitative estimate of drug-likeness (QED) is 0.889. The van der Waals surface area contributed by atoms with Crippen LogP contribution in [0.25, 0.3) is 11.1 Å². The van der Waals surface area contributed by atoms with Gasteiger partial charge in [-0.2, -0.15) is 0 Å². The average Bonchev–Trinajstić information content (AvgIpc) is 3.22. The molecule has 0 bridgehead atoms. The molecule has 1 N–H and O–H groups in total. The molecule has 1 amide bonds. The molecule has 0 unspecified atom stereocenters. The summed E-state index contributed by atoms with van der Waals surface area (Å²) in [4.78, 5) is 19.4. The molecule has 1 aliphatic heterocycles. The molecule has 2 aliphatic rings. The summed E-state index contributed by atoms with van der Waals surface area (Å²) in [5, 5.41) is 3.14. The number of benzene rings is 1. The summed E-state index contributed by atoms with van der Waals surface area (Å²) in [7, 11) is 0. The zero-order chi connectivity index (χ0) is 17.8. The number of anilines is 1. The Morgan fingerprint density at radius 3 is 2.23 bits per heavy atom. The molecule has 2 heterocycles. The maximum atomic E-state index is 12.3. The van der Waals surface area contributed by atoms with Crippen molar-refractivity contribution in [2.75, 3.05) is 18.0 Å². The van der Waals surface area contributed by atoms with Gasteiger partial charge in [-0.1, -0.05) is 25.0 Å². The number of hydrogen-bond donors (Lipinski definition) is 1. The fourth-order valence-corrected chi connectivity index (χ4v) is 4.02. The fourth-order valence-electron chi connectivity index (χ4n) is 4.02. The van der Waals surface area contributed by atoms with E-state index in [-0.39, 0.29) is 5.91 Å². The van der Waals surface area contributed by atoms with Gasteiger partial charge in [0, 0.05) is 36.5 Å². The lowest BCUT2D eigenvalue weighted by Gasteiger charge is -2.27. The van der Waals surface area contributed by atoms with Crippen molar-refractivity contribution in [1.82, 2.24) is 10.3 Å². The SMILES string of the molecule is O=C(NC1CCCC1)c1ccc(-c2ccc(N3CCCCC3)nc2)cc1. The Morgan fingerprint density at radius 2 is 1.58 bits per heavy atom. The van der Waals surface area contributed by atoms with Crippen molar-refractivity contribution in [3.63, 3.8) is 0 Å². The van der Waals surface area contributed by atoms with Gasteiger partial charge in [-0.15, -0.1) is 0 Å². The highest BCUT2D eigenvalue weighted by Crippen LogP contribution is 2.24. The van der Waals surface area contributed by atoms with Gasteiger partial charge >= 0.3 is 0 Å². The Balaban J connectivity index is 1.42. The van der Waals surface area contributed by atoms with Gasteiger partial charge in [-0.05, 0) is 61.9 Å². The Labute approximate surface area is 155 Å². The van der Waals surface area contributed by atoms with Gasteiger partial charge in [0.15, 0.2) is 0 Å². The second-order valence-corrected chi connectivity index (χ2v) is 7.48. The van der Waals surface area contributed by atoms with E-state index < -0.39 is 0 Å². The van der Waals surface area contributed by atoms with E-state index in [4.69, 9.17) is 0 Å². The van der Waals surface area contributed by atoms with Crippen LogP contribution in [-0.4, -0.2) is 30.0 Å². The molecule has 4 rings (SSSR count). The largest absolute Gasteiger partial charge is 0.357 e. The molecule has 1 aromatic heterocycles. The molecule has 2 aromatic rings. The van der Waals surface area contributed by atoms with Crippen molar-refractivity contribution in [3.05, 3.63) is 48.2 Å². The Morgan fingerprint density at radius 1 is 0.885 bits per heavy atom. The molecular weight excluding hydrogens is 322 g/mol. The molecule has 2 fully saturated rings. The Bertz CT molecular complexity index is 727. The smallest absolute Gasteiger partial charge is 0.251 e. The van der Waals surface area contributed by atoms with Crippen LogP contribution < -0.4 is 10.2 Å². The Hall–Kier alpha value is -2.36. The van der Waals surface area contributed by atoms with E-state index in [1.807, 2.05) is 30.5 Å². The first-order valence-electron chi connectivity index (χ1n) is 9.92. The zero-order valence-corrected chi connectivity index (χ0v) is 15.3. The monoisotopic (exact) mass is 349 g/mol. The number of piperidine rings is 1. The van der Waals surface area contributed by atoms with Crippen LogP contribution in [-0.2, 0) is 0 Å². The molecule has 26 heavy (non-hydrogen) atoms. The van der Waals surface area contributed by atoms with Gasteiger partial charge < -0.3 is 10.2 Å². The molecule has 4 heteroatoms. The number of hydrogen-bond acceptors (Lipinski definition) is 3. The van der Waals surface area contributed by atoms with Gasteiger partial charge in [0.1, 0.15) is 5.82 Å². The van der Waals surface area contributed by atoms with Gasteiger partial charge in [-0.25, -0.2) is 4.98 Å². The minimum Gasteiger partial charge on any atom is -0.357 e. The van der Waals surface area contributed by atoms with Crippen LogP contribution in [0.1, 0.15) is 55.3 Å². The molecule has 0 atom stereocenters. The predicted octanol–water partition coefficient (Wildman–Crippen LogP) is 4.41. The standard InChI is InChI=1S/C22H27N3O/c26-22(24-20-6-2-3-7-20)18-10-8-17(9-11-18)19-12-13-21(23-16-19)25-14-4-1-5-15-25/h8-13,16,20H,1-7,14-15H2,(H,24,26). The van der Waals surface area contributed by atoms with E-state index in [2.05, 4.69) is 27.3 Å². The lowest BCUT2D eigenvalue weighted by atomic mass is 10.0. The second-order valence-electron chi connectivity index (χ2n) is 7.48. The summed E-state index contributed by atoms with van der Waals surface area (Å²) >= 11 is 0. The van der Waals surface area contributed by atoms with Crippen LogP contribution in [0.15, 0.2) is 42.6 Å². The fraction of sp³-hybridized carbons (Fsp3) is 0.455. The van der Waals surface area contributed by atoms with Crippen LogP contribution in [0.2, 0.25) is 0 Å². The lowest BCUT2D eigenvalue weighted by molar-refractivity contribution is 0.0938. The molecule has 1 aromatic carbocycles. The molecular formula is C22H27N3O. The third-order valence-electron chi connectivity index (χ3n) is 5.60. The third kappa shape index (κ3) is 3.90. The second kappa shape index (κ2) is 7.90. The normalized spacial score (nSPS) is 18.1. The maximum Gasteiger partial charge on any atom is 0.251 e. The number of nitrogens with one attached hydrogen (secondary N) is 1. The van der Waals surface area contributed by atoms with E-state index >= 15 is 0 Å². The predicted molar refractivity (Wildman–Crippen MR) is 105 cm³/mol. The van der Waals surface area contributed by atoms with Crippen LogP contribution in [0.4, 0.5) is 5.82 Å². The maximum absolute atomic E-state index is 12.3. The van der Waals surface area contributed by atoms with Crippen LogP contribution in [0, 0.1) is 0 Å². The summed E-state index contributed by atoms with van der Waals surface area (Å²) in [5.74, 6) is 1.11. The minimum atomic E-state index is 0.0435. The van der Waals surface area contributed by atoms with Crippen molar-refractivity contribution < 1.29 is 4.79 Å². The van der Waals surface area contributed by atoms with E-state index in [1.54, 1.807) is 0 Å². The van der Waals surface area contributed by atoms with E-state index in [0.29, 0.717) is 6.04 Å². The topological polar surface area (TPSA) is 45.2 Å². The summed E-state index contributed by atoms with van der Waals surface area (Å²) in [6.07, 6.45) is 10.5. The summed E-state index contributed by atoms with van der Waals surface area (Å²) in [6, 6.07) is 12.5. The minimum absolute atomic E-state index is 0.0435. The van der Waals surface area contributed by atoms with Crippen LogP contribution in [0.3, 0.4) is 0 Å². The number of carbonyl (C=O) groups is 1. The number of nitrogens with zero attached hydrogens (tertiary/aromatic N) is 2. The van der Waals surface area contributed by atoms with E-state index in [0.717, 1.165) is 48.4 Å². The first-order valence-corrected chi connectivity index (χ1v) is 9.92. The van der Waals surface area contributed by atoms with Gasteiger partial charge in [0.25, 0.3) is 5.91 Å². The molecule has 1 saturated carbocycles. The van der Waals surface area contributed by atoms with E-state index in [1.165, 1.54) is 32.1 Å². The number of carbonyl (C=O) groups excluding carboxylic acids is 1. The van der Waals surface area contributed by atoms with Crippen LogP contribution in [0.5, 0.6) is 0 Å². The molecule has 0 spiro atoms. The number of aromatic nitrogens is 1. The molecule has 4 nitrogen and oxygen atoms in total. The Kier molecular flexibility index (Phi) is 5.19. The van der Waals surface area contributed by atoms with Crippen molar-refractivity contribution in [3.8, 4) is 11.1 Å². The number of rotatable bonds is 4. The lowest BCUT2D eigenvalue weighted by Crippen LogP contribution is -2.32. The first kappa shape index (κ1) is 17.1. The summed E-state index contributed by atoms with van der Waals surface area (Å²) in [6.45, 7) is 2.22.